The van der Waals surface area contributed by atoms with Gasteiger partial charge in [-0.3, -0.25) is 19.3 Å². The Bertz CT molecular complexity index is 938. The fraction of sp³-hybridized carbons (Fsp3) is 0.125. The van der Waals surface area contributed by atoms with Gasteiger partial charge in [-0.2, -0.15) is 5.10 Å². The quantitative estimate of drug-likeness (QED) is 0.802. The Morgan fingerprint density at radius 1 is 1.26 bits per heavy atom. The zero-order valence-corrected chi connectivity index (χ0v) is 13.0. The summed E-state index contributed by atoms with van der Waals surface area (Å²) in [5, 5.41) is 7.62. The van der Waals surface area contributed by atoms with Crippen LogP contribution in [0.1, 0.15) is 17.4 Å². The SMILES string of the molecule is CCn1nc(C(=O)Nc2ccncc2)c(=O)c2cc(Cl)ccc21. The van der Waals surface area contributed by atoms with E-state index in [1.165, 1.54) is 0 Å². The summed E-state index contributed by atoms with van der Waals surface area (Å²) in [6.07, 6.45) is 3.10. The van der Waals surface area contributed by atoms with Crippen molar-refractivity contribution in [2.45, 2.75) is 13.5 Å². The highest BCUT2D eigenvalue weighted by atomic mass is 35.5. The van der Waals surface area contributed by atoms with Crippen LogP contribution in [0.5, 0.6) is 0 Å². The van der Waals surface area contributed by atoms with Gasteiger partial charge in [0, 0.05) is 29.6 Å². The second-order valence-electron chi connectivity index (χ2n) is 4.84. The van der Waals surface area contributed by atoms with E-state index in [9.17, 15) is 9.59 Å². The zero-order valence-electron chi connectivity index (χ0n) is 12.3. The number of amides is 1. The number of hydrogen-bond acceptors (Lipinski definition) is 4. The van der Waals surface area contributed by atoms with Crippen molar-refractivity contribution in [2.24, 2.45) is 0 Å². The maximum atomic E-state index is 12.6. The maximum absolute atomic E-state index is 12.6. The number of aryl methyl sites for hydroxylation is 1. The summed E-state index contributed by atoms with van der Waals surface area (Å²) in [4.78, 5) is 28.8. The average molecular weight is 329 g/mol. The Morgan fingerprint density at radius 3 is 2.70 bits per heavy atom. The van der Waals surface area contributed by atoms with E-state index in [-0.39, 0.29) is 5.69 Å². The van der Waals surface area contributed by atoms with E-state index in [0.717, 1.165) is 0 Å². The van der Waals surface area contributed by atoms with E-state index < -0.39 is 11.3 Å². The van der Waals surface area contributed by atoms with Gasteiger partial charge in [-0.05, 0) is 37.3 Å². The van der Waals surface area contributed by atoms with Crippen LogP contribution in [0.25, 0.3) is 10.9 Å². The molecular formula is C16H13ClN4O2. The van der Waals surface area contributed by atoms with Gasteiger partial charge in [-0.25, -0.2) is 0 Å². The molecule has 0 saturated heterocycles. The van der Waals surface area contributed by atoms with Gasteiger partial charge in [-0.1, -0.05) is 11.6 Å². The first kappa shape index (κ1) is 15.2. The van der Waals surface area contributed by atoms with E-state index >= 15 is 0 Å². The molecule has 0 aliphatic carbocycles. The molecule has 23 heavy (non-hydrogen) atoms. The van der Waals surface area contributed by atoms with E-state index in [2.05, 4.69) is 15.4 Å². The van der Waals surface area contributed by atoms with Crippen molar-refractivity contribution < 1.29 is 4.79 Å². The first-order valence-electron chi connectivity index (χ1n) is 7.02. The Hall–Kier alpha value is -2.73. The van der Waals surface area contributed by atoms with Crippen molar-refractivity contribution in [3.05, 3.63) is 63.7 Å². The van der Waals surface area contributed by atoms with Gasteiger partial charge in [-0.15, -0.1) is 0 Å². The summed E-state index contributed by atoms with van der Waals surface area (Å²) >= 11 is 5.97. The highest BCUT2D eigenvalue weighted by Gasteiger charge is 2.17. The molecule has 0 saturated carbocycles. The van der Waals surface area contributed by atoms with E-state index in [4.69, 9.17) is 11.6 Å². The number of halogens is 1. The van der Waals surface area contributed by atoms with Crippen LogP contribution in [0, 0.1) is 0 Å². The number of pyridine rings is 1. The predicted octanol–water partition coefficient (Wildman–Crippen LogP) is 2.72. The van der Waals surface area contributed by atoms with Crippen LogP contribution in [0.3, 0.4) is 0 Å². The predicted molar refractivity (Wildman–Crippen MR) is 88.9 cm³/mol. The van der Waals surface area contributed by atoms with Crippen LogP contribution in [0.2, 0.25) is 5.02 Å². The van der Waals surface area contributed by atoms with Gasteiger partial charge in [0.05, 0.1) is 10.9 Å². The van der Waals surface area contributed by atoms with Crippen molar-refractivity contribution in [1.82, 2.24) is 14.8 Å². The van der Waals surface area contributed by atoms with Gasteiger partial charge in [0.2, 0.25) is 5.43 Å². The molecule has 1 aromatic carbocycles. The molecule has 0 unspecified atom stereocenters. The summed E-state index contributed by atoms with van der Waals surface area (Å²) in [6.45, 7) is 2.41. The molecule has 0 fully saturated rings. The minimum Gasteiger partial charge on any atom is -0.320 e. The van der Waals surface area contributed by atoms with Gasteiger partial charge in [0.1, 0.15) is 0 Å². The molecule has 2 heterocycles. The van der Waals surface area contributed by atoms with Crippen molar-refractivity contribution in [2.75, 3.05) is 5.32 Å². The zero-order chi connectivity index (χ0) is 16.4. The molecule has 3 aromatic rings. The van der Waals surface area contributed by atoms with E-state index in [1.807, 2.05) is 6.92 Å². The Balaban J connectivity index is 2.12. The molecule has 2 aromatic heterocycles. The summed E-state index contributed by atoms with van der Waals surface area (Å²) in [6, 6.07) is 8.23. The number of fused-ring (bicyclic) bond motifs is 1. The number of carbonyl (C=O) groups excluding carboxylic acids is 1. The first-order chi connectivity index (χ1) is 11.1. The van der Waals surface area contributed by atoms with Crippen LogP contribution in [-0.2, 0) is 6.54 Å². The lowest BCUT2D eigenvalue weighted by atomic mass is 10.2. The highest BCUT2D eigenvalue weighted by molar-refractivity contribution is 6.31. The van der Waals surface area contributed by atoms with Crippen molar-refractivity contribution in [1.29, 1.82) is 0 Å². The third-order valence-corrected chi connectivity index (χ3v) is 3.60. The summed E-state index contributed by atoms with van der Waals surface area (Å²) in [5.74, 6) is -0.565. The Morgan fingerprint density at radius 2 is 2.00 bits per heavy atom. The van der Waals surface area contributed by atoms with Crippen LogP contribution in [0.4, 0.5) is 5.69 Å². The summed E-state index contributed by atoms with van der Waals surface area (Å²) in [7, 11) is 0. The van der Waals surface area contributed by atoms with Crippen LogP contribution < -0.4 is 10.7 Å². The molecule has 6 nitrogen and oxygen atoms in total. The normalized spacial score (nSPS) is 10.7. The highest BCUT2D eigenvalue weighted by Crippen LogP contribution is 2.17. The number of anilines is 1. The van der Waals surface area contributed by atoms with Gasteiger partial charge < -0.3 is 5.32 Å². The standard InChI is InChI=1S/C16H13ClN4O2/c1-2-21-13-4-3-10(17)9-12(13)15(22)14(20-21)16(23)19-11-5-7-18-8-6-11/h3-9H,2H2,1H3,(H,18,19,23). The van der Waals surface area contributed by atoms with Crippen LogP contribution in [0.15, 0.2) is 47.5 Å². The second kappa shape index (κ2) is 6.18. The fourth-order valence-electron chi connectivity index (χ4n) is 2.28. The maximum Gasteiger partial charge on any atom is 0.280 e. The number of hydrogen-bond donors (Lipinski definition) is 1. The molecule has 0 aliphatic heterocycles. The number of rotatable bonds is 3. The van der Waals surface area contributed by atoms with Crippen molar-refractivity contribution in [3.8, 4) is 0 Å². The van der Waals surface area contributed by atoms with Gasteiger partial charge in [0.15, 0.2) is 5.69 Å². The number of benzene rings is 1. The number of aromatic nitrogens is 3. The number of nitrogens with zero attached hydrogens (tertiary/aromatic N) is 3. The Labute approximate surface area is 136 Å². The molecule has 116 valence electrons. The van der Waals surface area contributed by atoms with E-state index in [1.54, 1.807) is 47.4 Å². The topological polar surface area (TPSA) is 76.9 Å². The monoisotopic (exact) mass is 328 g/mol. The molecule has 0 atom stereocenters. The van der Waals surface area contributed by atoms with Gasteiger partial charge >= 0.3 is 0 Å². The van der Waals surface area contributed by atoms with Gasteiger partial charge in [0.25, 0.3) is 5.91 Å². The minimum atomic E-state index is -0.565. The summed E-state index contributed by atoms with van der Waals surface area (Å²) in [5.41, 5.74) is 0.569. The third kappa shape index (κ3) is 2.93. The van der Waals surface area contributed by atoms with Crippen molar-refractivity contribution in [3.63, 3.8) is 0 Å². The number of carbonyl (C=O) groups is 1. The first-order valence-corrected chi connectivity index (χ1v) is 7.39. The fourth-order valence-corrected chi connectivity index (χ4v) is 2.45. The largest absolute Gasteiger partial charge is 0.320 e. The Kier molecular flexibility index (Phi) is 4.08. The molecule has 0 aliphatic rings. The molecule has 1 amide bonds. The van der Waals surface area contributed by atoms with Crippen LogP contribution in [-0.4, -0.2) is 20.7 Å². The molecule has 0 spiro atoms. The van der Waals surface area contributed by atoms with E-state index in [0.29, 0.717) is 28.2 Å². The second-order valence-corrected chi connectivity index (χ2v) is 5.28. The lowest BCUT2D eigenvalue weighted by molar-refractivity contribution is 0.101. The van der Waals surface area contributed by atoms with Crippen LogP contribution >= 0.6 is 11.6 Å². The molecular weight excluding hydrogens is 316 g/mol. The third-order valence-electron chi connectivity index (χ3n) is 3.37. The molecule has 7 heteroatoms. The van der Waals surface area contributed by atoms with Crippen molar-refractivity contribution >= 4 is 34.1 Å². The lowest BCUT2D eigenvalue weighted by Gasteiger charge is -2.10. The molecule has 3 rings (SSSR count). The molecule has 0 radical (unpaired) electrons. The number of nitrogens with one attached hydrogen (secondary N) is 1. The average Bonchev–Trinajstić information content (AvgIpc) is 2.56. The minimum absolute atomic E-state index is 0.168. The smallest absolute Gasteiger partial charge is 0.280 e. The molecule has 0 bridgehead atoms. The molecule has 1 N–H and O–H groups in total. The lowest BCUT2D eigenvalue weighted by Crippen LogP contribution is -2.27. The summed E-state index contributed by atoms with van der Waals surface area (Å²) < 4.78 is 1.61.